The van der Waals surface area contributed by atoms with E-state index < -0.39 is 0 Å². The molecule has 2 heterocycles. The van der Waals surface area contributed by atoms with E-state index >= 15 is 0 Å². The molecule has 0 amide bonds. The zero-order valence-electron chi connectivity index (χ0n) is 29.6. The van der Waals surface area contributed by atoms with Gasteiger partial charge in [-0.2, -0.15) is 0 Å². The van der Waals surface area contributed by atoms with E-state index in [1.807, 2.05) is 54.6 Å². The Kier molecular flexibility index (Phi) is 7.14. The van der Waals surface area contributed by atoms with Crippen molar-refractivity contribution in [3.63, 3.8) is 0 Å². The van der Waals surface area contributed by atoms with Crippen LogP contribution >= 0.6 is 0 Å². The van der Waals surface area contributed by atoms with Gasteiger partial charge in [0, 0.05) is 27.6 Å². The Morgan fingerprint density at radius 1 is 0.309 bits per heavy atom. The molecule has 0 aliphatic rings. The van der Waals surface area contributed by atoms with Gasteiger partial charge < -0.3 is 4.42 Å². The lowest BCUT2D eigenvalue weighted by Gasteiger charge is -2.17. The van der Waals surface area contributed by atoms with Crippen LogP contribution in [0.15, 0.2) is 192 Å². The van der Waals surface area contributed by atoms with E-state index in [2.05, 4.69) is 133 Å². The highest BCUT2D eigenvalue weighted by atomic mass is 16.3. The highest BCUT2D eigenvalue weighted by Crippen LogP contribution is 2.43. The van der Waals surface area contributed by atoms with Gasteiger partial charge in [0.15, 0.2) is 17.5 Å². The van der Waals surface area contributed by atoms with Gasteiger partial charge in [0.25, 0.3) is 0 Å². The fourth-order valence-electron chi connectivity index (χ4n) is 8.10. The molecule has 11 rings (SSSR count). The van der Waals surface area contributed by atoms with Gasteiger partial charge in [0.05, 0.1) is 0 Å². The lowest BCUT2D eigenvalue weighted by molar-refractivity contribution is 0.631. The van der Waals surface area contributed by atoms with Gasteiger partial charge in [-0.1, -0.05) is 158 Å². The predicted octanol–water partition coefficient (Wildman–Crippen LogP) is 13.6. The average Bonchev–Trinajstić information content (AvgIpc) is 3.70. The quantitative estimate of drug-likeness (QED) is 0.132. The molecule has 0 radical (unpaired) electrons. The van der Waals surface area contributed by atoms with E-state index in [0.717, 1.165) is 49.8 Å². The zero-order chi connectivity index (χ0) is 36.3. The minimum absolute atomic E-state index is 0.599. The molecule has 0 saturated heterocycles. The summed E-state index contributed by atoms with van der Waals surface area (Å²) in [6.07, 6.45) is 0. The molecule has 11 aromatic rings. The minimum Gasteiger partial charge on any atom is -0.456 e. The van der Waals surface area contributed by atoms with Crippen LogP contribution in [0.4, 0.5) is 0 Å². The Labute approximate surface area is 317 Å². The van der Waals surface area contributed by atoms with Crippen molar-refractivity contribution in [2.24, 2.45) is 0 Å². The van der Waals surface area contributed by atoms with Gasteiger partial charge in [-0.3, -0.25) is 0 Å². The summed E-state index contributed by atoms with van der Waals surface area (Å²) in [4.78, 5) is 15.4. The van der Waals surface area contributed by atoms with E-state index in [-0.39, 0.29) is 0 Å². The molecule has 55 heavy (non-hydrogen) atoms. The summed E-state index contributed by atoms with van der Waals surface area (Å²) in [7, 11) is 0. The number of rotatable bonds is 5. The maximum atomic E-state index is 6.25. The highest BCUT2D eigenvalue weighted by Gasteiger charge is 2.19. The van der Waals surface area contributed by atoms with E-state index in [0.29, 0.717) is 17.5 Å². The third-order valence-electron chi connectivity index (χ3n) is 10.7. The number of fused-ring (bicyclic) bond motifs is 6. The summed E-state index contributed by atoms with van der Waals surface area (Å²) in [5, 5.41) is 10.7. The minimum atomic E-state index is 0.599. The van der Waals surface area contributed by atoms with Crippen LogP contribution in [0.5, 0.6) is 0 Å². The van der Waals surface area contributed by atoms with Crippen LogP contribution in [-0.2, 0) is 0 Å². The molecule has 0 aliphatic carbocycles. The van der Waals surface area contributed by atoms with Crippen LogP contribution < -0.4 is 0 Å². The molecular formula is C51H31N3O. The average molecular weight is 702 g/mol. The number of hydrogen-bond donors (Lipinski definition) is 0. The molecule has 0 saturated carbocycles. The number of para-hydroxylation sites is 1. The molecule has 9 aromatic carbocycles. The maximum absolute atomic E-state index is 6.25. The first-order valence-corrected chi connectivity index (χ1v) is 18.5. The van der Waals surface area contributed by atoms with E-state index in [9.17, 15) is 0 Å². The van der Waals surface area contributed by atoms with E-state index in [1.54, 1.807) is 0 Å². The molecule has 0 atom stereocenters. The van der Waals surface area contributed by atoms with Crippen LogP contribution in [0, 0.1) is 0 Å². The van der Waals surface area contributed by atoms with Gasteiger partial charge >= 0.3 is 0 Å². The van der Waals surface area contributed by atoms with Crippen LogP contribution in [0.25, 0.3) is 111 Å². The van der Waals surface area contributed by atoms with Crippen molar-refractivity contribution in [1.29, 1.82) is 0 Å². The van der Waals surface area contributed by atoms with Crippen molar-refractivity contribution < 1.29 is 4.42 Å². The summed E-state index contributed by atoms with van der Waals surface area (Å²) < 4.78 is 6.25. The second kappa shape index (κ2) is 12.6. The standard InChI is InChI=1S/C51H31N3O/c1-2-14-33(15-3-1)49-52-50(37-19-12-18-35(29-37)47-31-36-17-6-11-24-46(36)55-47)54-51(53-49)44-28-27-42(40-22-9-10-23-41(40)44)48-39-21-8-5-16-34(39)30-45-38-20-7-4-13-32(38)25-26-43(45)48/h1-31H. The third-order valence-corrected chi connectivity index (χ3v) is 10.7. The first-order valence-electron chi connectivity index (χ1n) is 18.5. The van der Waals surface area contributed by atoms with Gasteiger partial charge in [-0.25, -0.2) is 15.0 Å². The van der Waals surface area contributed by atoms with Crippen molar-refractivity contribution in [2.45, 2.75) is 0 Å². The SMILES string of the molecule is c1ccc(-c2nc(-c3cccc(-c4cc5ccccc5o4)c3)nc(-c3ccc(-c4c5ccccc5cc5c4ccc4ccccc45)c4ccccc34)n2)cc1. The lowest BCUT2D eigenvalue weighted by Crippen LogP contribution is -2.01. The van der Waals surface area contributed by atoms with Gasteiger partial charge in [0.1, 0.15) is 11.3 Å². The first kappa shape index (κ1) is 31.1. The predicted molar refractivity (Wildman–Crippen MR) is 227 cm³/mol. The molecule has 256 valence electrons. The highest BCUT2D eigenvalue weighted by molar-refractivity contribution is 6.22. The fraction of sp³-hybridized carbons (Fsp3) is 0. The van der Waals surface area contributed by atoms with Gasteiger partial charge in [0.2, 0.25) is 0 Å². The Morgan fingerprint density at radius 3 is 1.73 bits per heavy atom. The number of nitrogens with zero attached hydrogens (tertiary/aromatic N) is 3. The second-order valence-corrected chi connectivity index (χ2v) is 14.0. The smallest absolute Gasteiger partial charge is 0.164 e. The Hall–Kier alpha value is -7.43. The first-order chi connectivity index (χ1) is 27.2. The normalized spacial score (nSPS) is 11.6. The molecule has 2 aromatic heterocycles. The summed E-state index contributed by atoms with van der Waals surface area (Å²) >= 11 is 0. The Balaban J connectivity index is 1.13. The van der Waals surface area contributed by atoms with Crippen molar-refractivity contribution in [2.75, 3.05) is 0 Å². The van der Waals surface area contributed by atoms with Crippen LogP contribution in [0.2, 0.25) is 0 Å². The molecule has 0 unspecified atom stereocenters. The fourth-order valence-corrected chi connectivity index (χ4v) is 8.10. The summed E-state index contributed by atoms with van der Waals surface area (Å²) in [5.74, 6) is 2.64. The molecule has 0 bridgehead atoms. The van der Waals surface area contributed by atoms with Crippen molar-refractivity contribution in [3.8, 4) is 56.6 Å². The molecule has 0 fully saturated rings. The van der Waals surface area contributed by atoms with Crippen LogP contribution in [0.3, 0.4) is 0 Å². The molecular weight excluding hydrogens is 671 g/mol. The van der Waals surface area contributed by atoms with E-state index in [1.165, 1.54) is 43.4 Å². The Morgan fingerprint density at radius 2 is 0.909 bits per heavy atom. The van der Waals surface area contributed by atoms with Crippen molar-refractivity contribution >= 4 is 54.1 Å². The van der Waals surface area contributed by atoms with Crippen LogP contribution in [-0.4, -0.2) is 15.0 Å². The van der Waals surface area contributed by atoms with Gasteiger partial charge in [-0.05, 0) is 84.5 Å². The summed E-state index contributed by atoms with van der Waals surface area (Å²) in [6, 6.07) is 65.8. The molecule has 0 N–H and O–H groups in total. The molecule has 0 aliphatic heterocycles. The largest absolute Gasteiger partial charge is 0.456 e. The zero-order valence-corrected chi connectivity index (χ0v) is 29.6. The number of hydrogen-bond acceptors (Lipinski definition) is 4. The summed E-state index contributed by atoms with van der Waals surface area (Å²) in [6.45, 7) is 0. The maximum Gasteiger partial charge on any atom is 0.164 e. The topological polar surface area (TPSA) is 51.8 Å². The van der Waals surface area contributed by atoms with Crippen LogP contribution in [0.1, 0.15) is 0 Å². The number of aromatic nitrogens is 3. The molecule has 0 spiro atoms. The molecule has 4 heteroatoms. The van der Waals surface area contributed by atoms with Crippen molar-refractivity contribution in [1.82, 2.24) is 15.0 Å². The monoisotopic (exact) mass is 701 g/mol. The second-order valence-electron chi connectivity index (χ2n) is 14.0. The summed E-state index contributed by atoms with van der Waals surface area (Å²) in [5.41, 5.74) is 6.98. The molecule has 4 nitrogen and oxygen atoms in total. The van der Waals surface area contributed by atoms with Gasteiger partial charge in [-0.15, -0.1) is 0 Å². The van der Waals surface area contributed by atoms with Crippen molar-refractivity contribution in [3.05, 3.63) is 188 Å². The van der Waals surface area contributed by atoms with E-state index in [4.69, 9.17) is 19.4 Å². The third kappa shape index (κ3) is 5.26. The lowest BCUT2D eigenvalue weighted by atomic mass is 9.87. The Bertz CT molecular complexity index is 3240. The number of benzene rings is 9. The number of furan rings is 1.